The lowest BCUT2D eigenvalue weighted by atomic mass is 10.0. The second-order valence-corrected chi connectivity index (χ2v) is 23.4. The van der Waals surface area contributed by atoms with E-state index in [9.17, 15) is 19.0 Å². The molecule has 0 aliphatic rings. The van der Waals surface area contributed by atoms with Crippen LogP contribution in [0, 0.1) is 0 Å². The Morgan fingerprint density at radius 1 is 0.392 bits per heavy atom. The van der Waals surface area contributed by atoms with Crippen LogP contribution in [0.5, 0.6) is 0 Å². The predicted molar refractivity (Wildman–Crippen MR) is 339 cm³/mol. The third kappa shape index (κ3) is 64.2. The van der Waals surface area contributed by atoms with Crippen molar-refractivity contribution < 1.29 is 37.6 Å². The van der Waals surface area contributed by atoms with Crippen molar-refractivity contribution in [2.75, 3.05) is 26.4 Å². The van der Waals surface area contributed by atoms with E-state index in [2.05, 4.69) is 98.9 Å². The molecule has 0 aromatic carbocycles. The van der Waals surface area contributed by atoms with Gasteiger partial charge in [-0.3, -0.25) is 18.6 Å². The van der Waals surface area contributed by atoms with Crippen molar-refractivity contribution in [3.05, 3.63) is 85.1 Å². The molecular formula is C69H124NO8P. The van der Waals surface area contributed by atoms with Gasteiger partial charge in [0.25, 0.3) is 0 Å². The Morgan fingerprint density at radius 3 is 1.04 bits per heavy atom. The number of carbonyl (C=O) groups excluding carboxylic acids is 2. The summed E-state index contributed by atoms with van der Waals surface area (Å²) in [6, 6.07) is 0. The van der Waals surface area contributed by atoms with Crippen molar-refractivity contribution in [2.24, 2.45) is 5.73 Å². The van der Waals surface area contributed by atoms with Gasteiger partial charge in [-0.1, -0.05) is 292 Å². The second-order valence-electron chi connectivity index (χ2n) is 22.0. The minimum atomic E-state index is -4.40. The van der Waals surface area contributed by atoms with Crippen molar-refractivity contribution in [1.29, 1.82) is 0 Å². The van der Waals surface area contributed by atoms with E-state index in [1.165, 1.54) is 193 Å². The number of hydrogen-bond acceptors (Lipinski definition) is 8. The molecule has 10 heteroatoms. The molecule has 458 valence electrons. The van der Waals surface area contributed by atoms with E-state index in [4.69, 9.17) is 24.3 Å². The average molecular weight is 1130 g/mol. The van der Waals surface area contributed by atoms with E-state index < -0.39 is 26.5 Å². The van der Waals surface area contributed by atoms with E-state index in [1.807, 2.05) is 0 Å². The number of hydrogen-bond donors (Lipinski definition) is 2. The minimum Gasteiger partial charge on any atom is -0.462 e. The molecule has 9 nitrogen and oxygen atoms in total. The van der Waals surface area contributed by atoms with Gasteiger partial charge in [0.2, 0.25) is 0 Å². The zero-order chi connectivity index (χ0) is 57.3. The van der Waals surface area contributed by atoms with E-state index in [-0.39, 0.29) is 38.6 Å². The van der Waals surface area contributed by atoms with Crippen molar-refractivity contribution in [3.8, 4) is 0 Å². The highest BCUT2D eigenvalue weighted by molar-refractivity contribution is 7.47. The molecule has 0 saturated heterocycles. The van der Waals surface area contributed by atoms with Gasteiger partial charge < -0.3 is 20.1 Å². The quantitative estimate of drug-likeness (QED) is 0.0264. The van der Waals surface area contributed by atoms with E-state index in [1.54, 1.807) is 0 Å². The number of carbonyl (C=O) groups is 2. The fourth-order valence-electron chi connectivity index (χ4n) is 9.40. The Labute approximate surface area is 487 Å². The monoisotopic (exact) mass is 1130 g/mol. The van der Waals surface area contributed by atoms with Crippen LogP contribution in [0.3, 0.4) is 0 Å². The lowest BCUT2D eigenvalue weighted by molar-refractivity contribution is -0.161. The van der Waals surface area contributed by atoms with E-state index in [0.717, 1.165) is 83.5 Å². The van der Waals surface area contributed by atoms with Crippen LogP contribution in [0.25, 0.3) is 0 Å². The maximum absolute atomic E-state index is 12.7. The van der Waals surface area contributed by atoms with Crippen molar-refractivity contribution in [2.45, 2.75) is 315 Å². The highest BCUT2D eigenvalue weighted by Gasteiger charge is 2.26. The van der Waals surface area contributed by atoms with Crippen LogP contribution in [0.15, 0.2) is 85.1 Å². The summed E-state index contributed by atoms with van der Waals surface area (Å²) in [6.45, 7) is 3.65. The number of rotatable bonds is 62. The molecule has 79 heavy (non-hydrogen) atoms. The SMILES string of the molecule is CC/C=C\C/C=C\C/C=C\C/C=C\C/C=C\CCCCCCCCCCCC(=O)OC(COC(=O)CCCCCCCCCCCCCCCCCCCCCCC/C=C\C/C=C\CCCCCCC)COP(=O)(O)OCCN. The van der Waals surface area contributed by atoms with Crippen molar-refractivity contribution >= 4 is 19.8 Å². The molecule has 0 rings (SSSR count). The zero-order valence-corrected chi connectivity index (χ0v) is 52.2. The molecule has 0 bridgehead atoms. The Kier molecular flexibility index (Phi) is 62.1. The molecule has 2 atom stereocenters. The Morgan fingerprint density at radius 2 is 0.696 bits per heavy atom. The third-order valence-corrected chi connectivity index (χ3v) is 15.2. The molecule has 0 spiro atoms. The molecule has 3 N–H and O–H groups in total. The summed E-state index contributed by atoms with van der Waals surface area (Å²) in [4.78, 5) is 35.3. The molecule has 0 amide bonds. The van der Waals surface area contributed by atoms with Crippen LogP contribution in [0.4, 0.5) is 0 Å². The summed E-state index contributed by atoms with van der Waals surface area (Å²) in [5.74, 6) is -0.826. The van der Waals surface area contributed by atoms with Gasteiger partial charge in [-0.15, -0.1) is 0 Å². The third-order valence-electron chi connectivity index (χ3n) is 14.3. The molecular weight excluding hydrogens is 1000 g/mol. The normalized spacial score (nSPS) is 13.5. The standard InChI is InChI=1S/C69H124NO8P/c1-3-5-7-9-11-13-15-17-19-21-23-25-27-29-30-31-32-33-34-35-36-38-39-41-43-45-47-49-51-53-55-57-59-61-68(71)75-65-67(66-77-79(73,74)76-64-63-70)78-69(72)62-60-58-56-54-52-50-48-46-44-42-40-37-28-26-24-22-20-18-16-14-12-10-8-6-4-2/h6,8,12,14-15,17-18,20-21,23-24,26,37,40,67H,3-5,7,9-11,13,16,19,22,25,27-36,38-39,41-66,70H2,1-2H3,(H,73,74)/b8-6-,14-12-,17-15-,20-18-,23-21-,26-24-,40-37-. The molecule has 2 unspecified atom stereocenters. The lowest BCUT2D eigenvalue weighted by Crippen LogP contribution is -2.29. The first-order valence-corrected chi connectivity index (χ1v) is 34.6. The number of allylic oxidation sites excluding steroid dienone is 14. The van der Waals surface area contributed by atoms with Gasteiger partial charge >= 0.3 is 19.8 Å². The smallest absolute Gasteiger partial charge is 0.462 e. The van der Waals surface area contributed by atoms with E-state index in [0.29, 0.717) is 6.42 Å². The number of unbranched alkanes of at least 4 members (excludes halogenated alkanes) is 35. The molecule has 0 aliphatic heterocycles. The van der Waals surface area contributed by atoms with Gasteiger partial charge in [-0.25, -0.2) is 4.57 Å². The van der Waals surface area contributed by atoms with E-state index >= 15 is 0 Å². The first kappa shape index (κ1) is 76.2. The van der Waals surface area contributed by atoms with Gasteiger partial charge in [0.05, 0.1) is 13.2 Å². The largest absolute Gasteiger partial charge is 0.472 e. The number of phosphoric acid groups is 1. The molecule has 0 fully saturated rings. The molecule has 0 saturated carbocycles. The fourth-order valence-corrected chi connectivity index (χ4v) is 10.2. The number of esters is 2. The van der Waals surface area contributed by atoms with Gasteiger partial charge in [-0.2, -0.15) is 0 Å². The van der Waals surface area contributed by atoms with Crippen LogP contribution in [0.2, 0.25) is 0 Å². The maximum Gasteiger partial charge on any atom is 0.472 e. The van der Waals surface area contributed by atoms with Crippen LogP contribution in [0.1, 0.15) is 309 Å². The highest BCUT2D eigenvalue weighted by Crippen LogP contribution is 2.43. The zero-order valence-electron chi connectivity index (χ0n) is 51.3. The van der Waals surface area contributed by atoms with Crippen LogP contribution < -0.4 is 5.73 Å². The molecule has 0 heterocycles. The van der Waals surface area contributed by atoms with Gasteiger partial charge in [0.15, 0.2) is 6.10 Å². The van der Waals surface area contributed by atoms with Gasteiger partial charge in [0.1, 0.15) is 6.61 Å². The summed E-state index contributed by atoms with van der Waals surface area (Å²) in [7, 11) is -4.40. The van der Waals surface area contributed by atoms with Gasteiger partial charge in [-0.05, 0) is 89.9 Å². The minimum absolute atomic E-state index is 0.0502. The molecule has 0 aromatic rings. The number of nitrogens with two attached hydrogens (primary N) is 1. The summed E-state index contributed by atoms with van der Waals surface area (Å²) in [5, 5.41) is 0. The predicted octanol–water partition coefficient (Wildman–Crippen LogP) is 21.4. The average Bonchev–Trinajstić information content (AvgIpc) is 3.44. The first-order valence-electron chi connectivity index (χ1n) is 33.1. The highest BCUT2D eigenvalue weighted by atomic mass is 31.2. The fraction of sp³-hybridized carbons (Fsp3) is 0.768. The first-order chi connectivity index (χ1) is 38.8. The molecule has 0 radical (unpaired) electrons. The lowest BCUT2D eigenvalue weighted by Gasteiger charge is -2.19. The second kappa shape index (κ2) is 64.4. The molecule has 0 aromatic heterocycles. The summed E-state index contributed by atoms with van der Waals surface area (Å²) in [6.07, 6.45) is 85.2. The van der Waals surface area contributed by atoms with Crippen LogP contribution in [-0.2, 0) is 32.7 Å². The van der Waals surface area contributed by atoms with Crippen LogP contribution in [-0.4, -0.2) is 49.3 Å². The van der Waals surface area contributed by atoms with Crippen LogP contribution >= 0.6 is 7.82 Å². The van der Waals surface area contributed by atoms with Crippen molar-refractivity contribution in [1.82, 2.24) is 0 Å². The summed E-state index contributed by atoms with van der Waals surface area (Å²) in [5.41, 5.74) is 5.39. The Bertz CT molecular complexity index is 1570. The number of phosphoric ester groups is 1. The topological polar surface area (TPSA) is 134 Å². The maximum atomic E-state index is 12.7. The Balaban J connectivity index is 3.88. The Hall–Kier alpha value is -2.81. The summed E-state index contributed by atoms with van der Waals surface area (Å²) < 4.78 is 33.1. The molecule has 0 aliphatic carbocycles. The van der Waals surface area contributed by atoms with Gasteiger partial charge in [0, 0.05) is 19.4 Å². The van der Waals surface area contributed by atoms with Crippen molar-refractivity contribution in [3.63, 3.8) is 0 Å². The number of ether oxygens (including phenoxy) is 2. The summed E-state index contributed by atoms with van der Waals surface area (Å²) >= 11 is 0.